The van der Waals surface area contributed by atoms with E-state index in [1.165, 1.54) is 11.8 Å². The number of aromatic nitrogens is 4. The first-order valence-corrected chi connectivity index (χ1v) is 21.4. The number of carbonyl (C=O) groups excluding carboxylic acids is 6. The molecule has 16 heteroatoms. The number of nitrogens with two attached hydrogens (primary N) is 1. The molecule has 6 heterocycles. The van der Waals surface area contributed by atoms with Gasteiger partial charge in [0, 0.05) is 59.8 Å². The number of aryl methyl sites for hydroxylation is 2. The summed E-state index contributed by atoms with van der Waals surface area (Å²) in [6, 6.07) is 24.4. The largest absolute Gasteiger partial charge is 0.382 e. The number of pyridine rings is 1. The molecule has 0 spiro atoms. The van der Waals surface area contributed by atoms with Crippen LogP contribution in [0.15, 0.2) is 108 Å². The van der Waals surface area contributed by atoms with Crippen LogP contribution in [0.3, 0.4) is 0 Å². The van der Waals surface area contributed by atoms with E-state index in [0.717, 1.165) is 34.4 Å². The number of hydrogen-bond acceptors (Lipinski definition) is 11. The Bertz CT molecular complexity index is 2760. The van der Waals surface area contributed by atoms with Crippen LogP contribution in [0.2, 0.25) is 0 Å². The number of nitrogens with one attached hydrogen (secondary N) is 2. The monoisotopic (exact) mass is 847 g/mol. The number of piperidine rings is 1. The number of nitrogen functional groups attached to an aromatic ring is 1. The summed E-state index contributed by atoms with van der Waals surface area (Å²) in [5.41, 5.74) is 11.6. The Labute approximate surface area is 360 Å². The average molecular weight is 848 g/mol. The van der Waals surface area contributed by atoms with Crippen molar-refractivity contribution in [2.45, 2.75) is 61.9 Å². The molecule has 9 rings (SSSR count). The molecule has 312 valence electrons. The molecule has 0 bridgehead atoms. The minimum Gasteiger partial charge on any atom is -0.382 e. The first-order valence-electron chi connectivity index (χ1n) is 20.4. The predicted octanol–water partition coefficient (Wildman–Crippen LogP) is 5.66. The van der Waals surface area contributed by atoms with E-state index in [1.54, 1.807) is 54.9 Å². The number of amides is 6. The number of thioether (sulfide) groups is 1. The zero-order chi connectivity index (χ0) is 42.9. The van der Waals surface area contributed by atoms with Crippen LogP contribution in [0.5, 0.6) is 0 Å². The van der Waals surface area contributed by atoms with Crippen molar-refractivity contribution in [3.63, 3.8) is 0 Å². The van der Waals surface area contributed by atoms with E-state index in [4.69, 9.17) is 10.7 Å². The number of rotatable bonds is 12. The second-order valence-electron chi connectivity index (χ2n) is 15.4. The smallest absolute Gasteiger partial charge is 0.263 e. The quantitative estimate of drug-likeness (QED) is 0.101. The van der Waals surface area contributed by atoms with Crippen molar-refractivity contribution in [1.82, 2.24) is 34.5 Å². The van der Waals surface area contributed by atoms with Gasteiger partial charge in [0.05, 0.1) is 17.2 Å². The summed E-state index contributed by atoms with van der Waals surface area (Å²) >= 11 is 1.47. The summed E-state index contributed by atoms with van der Waals surface area (Å²) in [5.74, 6) is -0.211. The molecule has 1 unspecified atom stereocenters. The van der Waals surface area contributed by atoms with Gasteiger partial charge in [-0.25, -0.2) is 15.0 Å². The maximum atomic E-state index is 13.8. The molecular formula is C46H41N9O6S. The Morgan fingerprint density at radius 2 is 1.63 bits per heavy atom. The Morgan fingerprint density at radius 1 is 0.839 bits per heavy atom. The average Bonchev–Trinajstić information content (AvgIpc) is 3.99. The summed E-state index contributed by atoms with van der Waals surface area (Å²) in [4.78, 5) is 94.7. The maximum absolute atomic E-state index is 13.8. The molecule has 62 heavy (non-hydrogen) atoms. The number of likely N-dealkylation sites (tertiary alicyclic amines) is 1. The van der Waals surface area contributed by atoms with Crippen LogP contribution < -0.4 is 16.4 Å². The third-order valence-electron chi connectivity index (χ3n) is 11.5. The minimum atomic E-state index is -1.01. The van der Waals surface area contributed by atoms with E-state index in [-0.39, 0.29) is 36.3 Å². The molecule has 0 radical (unpaired) electrons. The van der Waals surface area contributed by atoms with Gasteiger partial charge >= 0.3 is 0 Å². The van der Waals surface area contributed by atoms with E-state index in [2.05, 4.69) is 20.6 Å². The number of anilines is 2. The van der Waals surface area contributed by atoms with Crippen LogP contribution in [-0.2, 0) is 27.2 Å². The summed E-state index contributed by atoms with van der Waals surface area (Å²) < 4.78 is 1.92. The van der Waals surface area contributed by atoms with Gasteiger partial charge in [-0.1, -0.05) is 48.5 Å². The highest BCUT2D eigenvalue weighted by Crippen LogP contribution is 2.38. The molecular weight excluding hydrogens is 807 g/mol. The fraction of sp³-hybridized carbons (Fsp3) is 0.239. The van der Waals surface area contributed by atoms with Crippen LogP contribution in [0.4, 0.5) is 11.6 Å². The van der Waals surface area contributed by atoms with Gasteiger partial charge in [0.2, 0.25) is 17.7 Å². The van der Waals surface area contributed by atoms with Crippen molar-refractivity contribution in [2.75, 3.05) is 23.3 Å². The second kappa shape index (κ2) is 17.0. The fourth-order valence-corrected chi connectivity index (χ4v) is 9.49. The van der Waals surface area contributed by atoms with E-state index < -0.39 is 29.7 Å². The number of carbonyl (C=O) groups is 6. The van der Waals surface area contributed by atoms with Crippen LogP contribution in [0, 0.1) is 0 Å². The number of fused-ring (bicyclic) bond motifs is 2. The minimum absolute atomic E-state index is 0.0381. The Morgan fingerprint density at radius 3 is 2.39 bits per heavy atom. The van der Waals surface area contributed by atoms with Gasteiger partial charge in [0.1, 0.15) is 34.7 Å². The zero-order valence-corrected chi connectivity index (χ0v) is 34.3. The van der Waals surface area contributed by atoms with Crippen LogP contribution in [0.1, 0.15) is 86.2 Å². The molecule has 6 aromatic rings. The lowest BCUT2D eigenvalue weighted by molar-refractivity contribution is -0.136. The lowest BCUT2D eigenvalue weighted by Crippen LogP contribution is -2.54. The molecule has 3 aromatic carbocycles. The Kier molecular flexibility index (Phi) is 11.1. The summed E-state index contributed by atoms with van der Waals surface area (Å²) in [5, 5.41) is 5.03. The van der Waals surface area contributed by atoms with Crippen molar-refractivity contribution in [3.8, 4) is 11.3 Å². The Balaban J connectivity index is 0.820. The molecule has 0 aliphatic carbocycles. The molecule has 3 aliphatic heterocycles. The number of imidazole rings is 1. The van der Waals surface area contributed by atoms with E-state index in [1.807, 2.05) is 58.0 Å². The number of benzene rings is 3. The van der Waals surface area contributed by atoms with Crippen LogP contribution >= 0.6 is 11.8 Å². The highest BCUT2D eigenvalue weighted by atomic mass is 32.2. The fourth-order valence-electron chi connectivity index (χ4n) is 8.41. The molecule has 0 saturated carbocycles. The highest BCUT2D eigenvalue weighted by molar-refractivity contribution is 7.99. The first-order chi connectivity index (χ1) is 30.1. The predicted molar refractivity (Wildman–Crippen MR) is 231 cm³/mol. The van der Waals surface area contributed by atoms with Crippen molar-refractivity contribution in [2.24, 2.45) is 0 Å². The summed E-state index contributed by atoms with van der Waals surface area (Å²) in [7, 11) is 0. The van der Waals surface area contributed by atoms with Gasteiger partial charge in [0.25, 0.3) is 17.7 Å². The van der Waals surface area contributed by atoms with Gasteiger partial charge in [-0.2, -0.15) is 0 Å². The summed E-state index contributed by atoms with van der Waals surface area (Å²) in [6.45, 7) is 0.615. The second-order valence-corrected chi connectivity index (χ2v) is 16.5. The number of imide groups is 2. The van der Waals surface area contributed by atoms with Crippen molar-refractivity contribution < 1.29 is 28.8 Å². The molecule has 2 saturated heterocycles. The third-order valence-corrected chi connectivity index (χ3v) is 12.6. The third kappa shape index (κ3) is 7.80. The van der Waals surface area contributed by atoms with Crippen LogP contribution in [0.25, 0.3) is 16.8 Å². The molecule has 15 nitrogen and oxygen atoms in total. The summed E-state index contributed by atoms with van der Waals surface area (Å²) in [6.07, 6.45) is 8.41. The highest BCUT2D eigenvalue weighted by Gasteiger charge is 2.45. The standard InChI is InChI=1S/C46H41N9O6S/c47-41-40-39(29-14-16-30(17-15-29)43(58)50-35-8-1-2-22-48-35)52-42(54(40)25-23-49-41)32-6-4-24-53(32)37(57)20-13-27-9-11-28(12-10-27)21-26-62-34-7-3-5-31-38(34)46(61)55(45(31)60)33-18-19-36(56)51-44(33)59/h1-3,5,7-12,14-17,22-23,25,32-33H,4,6,13,18-21,24,26H2,(H2,47,49)(H,48,50,58)(H,51,56,59)/t32-,33?/m0/s1. The lowest BCUT2D eigenvalue weighted by atomic mass is 10.0. The van der Waals surface area contributed by atoms with E-state index >= 15 is 0 Å². The number of hydrogen-bond donors (Lipinski definition) is 3. The van der Waals surface area contributed by atoms with Gasteiger partial charge in [0.15, 0.2) is 0 Å². The molecule has 3 aromatic heterocycles. The van der Waals surface area contributed by atoms with Gasteiger partial charge in [-0.05, 0) is 79.6 Å². The molecule has 4 N–H and O–H groups in total. The number of nitrogens with zero attached hydrogens (tertiary/aromatic N) is 6. The van der Waals surface area contributed by atoms with Crippen molar-refractivity contribution >= 4 is 64.4 Å². The first kappa shape index (κ1) is 40.2. The topological polar surface area (TPSA) is 202 Å². The molecule has 2 fully saturated rings. The van der Waals surface area contributed by atoms with E-state index in [0.29, 0.717) is 76.3 Å². The normalized spacial score (nSPS) is 17.4. The van der Waals surface area contributed by atoms with Crippen molar-refractivity contribution in [3.05, 3.63) is 137 Å². The van der Waals surface area contributed by atoms with Crippen molar-refractivity contribution in [1.29, 1.82) is 0 Å². The van der Waals surface area contributed by atoms with Gasteiger partial charge in [-0.3, -0.25) is 43.4 Å². The SMILES string of the molecule is Nc1nccn2c([C@@H]3CCCN3C(=O)CCc3ccc(CCSc4cccc5c4C(=O)N(C4CCC(=O)NC4=O)C5=O)cc3)nc(-c3ccc(C(=O)Nc4ccccn4)cc3)c12. The molecule has 6 amide bonds. The van der Waals surface area contributed by atoms with Crippen LogP contribution in [-0.4, -0.2) is 82.9 Å². The van der Waals surface area contributed by atoms with Gasteiger partial charge < -0.3 is 16.0 Å². The lowest BCUT2D eigenvalue weighted by Gasteiger charge is -2.27. The zero-order valence-electron chi connectivity index (χ0n) is 33.5. The Hall–Kier alpha value is -7.20. The van der Waals surface area contributed by atoms with E-state index in [9.17, 15) is 28.8 Å². The maximum Gasteiger partial charge on any atom is 0.263 e. The van der Waals surface area contributed by atoms with Gasteiger partial charge in [-0.15, -0.1) is 11.8 Å². The molecule has 2 atom stereocenters. The molecule has 3 aliphatic rings.